The van der Waals surface area contributed by atoms with Gasteiger partial charge in [-0.25, -0.2) is 13.4 Å². The number of aromatic nitrogens is 8. The van der Waals surface area contributed by atoms with Gasteiger partial charge in [-0.2, -0.15) is 34.2 Å². The topological polar surface area (TPSA) is 185 Å². The molecule has 0 fully saturated rings. The summed E-state index contributed by atoms with van der Waals surface area (Å²) in [6.45, 7) is 9.11. The molecular weight excluding hydrogens is 653 g/mol. The molecule has 0 aliphatic rings. The zero-order chi connectivity index (χ0) is 34.6. The Bertz CT molecular complexity index is 2160. The first-order valence-electron chi connectivity index (χ1n) is 15.1. The van der Waals surface area contributed by atoms with E-state index in [0.717, 1.165) is 34.2 Å². The zero-order valence-corrected chi connectivity index (χ0v) is 29.1. The highest BCUT2D eigenvalue weighted by Gasteiger charge is 2.20. The highest BCUT2D eigenvalue weighted by atomic mass is 32.2. The van der Waals surface area contributed by atoms with Crippen LogP contribution in [-0.2, 0) is 22.9 Å². The van der Waals surface area contributed by atoms with Gasteiger partial charge in [-0.15, -0.1) is 0 Å². The minimum Gasteiger partial charge on any atom is -0.508 e. The number of nitrogens with zero attached hydrogens (tertiary/aromatic N) is 8. The number of thioether (sulfide) groups is 1. The normalized spacial score (nSPS) is 11.7. The van der Waals surface area contributed by atoms with Crippen molar-refractivity contribution in [2.24, 2.45) is 0 Å². The Morgan fingerprint density at radius 2 is 1.23 bits per heavy atom. The SMILES string of the molecule is CC(C)c1cnn2c(NCc3cccc(O)c3)nc(S(C)(=O)=O)nc12.CSc1nc(NCc2cccc(O)c2)n2ncc(C(C)C)c2n1. The van der Waals surface area contributed by atoms with Gasteiger partial charge in [0, 0.05) is 30.5 Å². The van der Waals surface area contributed by atoms with Crippen molar-refractivity contribution in [1.29, 1.82) is 0 Å². The number of hydrogen-bond donors (Lipinski definition) is 4. The van der Waals surface area contributed by atoms with Crippen LogP contribution < -0.4 is 10.6 Å². The van der Waals surface area contributed by atoms with Crippen molar-refractivity contribution in [3.05, 3.63) is 83.2 Å². The number of phenolic OH excluding ortho intramolecular Hbond substituents is 2. The summed E-state index contributed by atoms with van der Waals surface area (Å²) in [5.41, 5.74) is 5.03. The highest BCUT2D eigenvalue weighted by Crippen LogP contribution is 2.24. The smallest absolute Gasteiger partial charge is 0.252 e. The maximum atomic E-state index is 11.9. The van der Waals surface area contributed by atoms with E-state index in [4.69, 9.17) is 0 Å². The molecule has 0 amide bonds. The second kappa shape index (κ2) is 14.4. The first-order valence-corrected chi connectivity index (χ1v) is 18.2. The maximum absolute atomic E-state index is 11.9. The first-order chi connectivity index (χ1) is 22.8. The van der Waals surface area contributed by atoms with Gasteiger partial charge < -0.3 is 20.8 Å². The molecule has 4 heterocycles. The number of phenols is 2. The molecule has 0 saturated carbocycles. The fourth-order valence-corrected chi connectivity index (χ4v) is 5.61. The van der Waals surface area contributed by atoms with Crippen molar-refractivity contribution in [1.82, 2.24) is 39.2 Å². The molecule has 4 aromatic heterocycles. The summed E-state index contributed by atoms with van der Waals surface area (Å²) in [5, 5.41) is 34.6. The van der Waals surface area contributed by atoms with Crippen LogP contribution in [0, 0.1) is 0 Å². The molecule has 4 N–H and O–H groups in total. The summed E-state index contributed by atoms with van der Waals surface area (Å²) in [6.07, 6.45) is 6.54. The molecule has 0 radical (unpaired) electrons. The van der Waals surface area contributed by atoms with E-state index in [1.54, 1.807) is 41.0 Å². The highest BCUT2D eigenvalue weighted by molar-refractivity contribution is 7.98. The van der Waals surface area contributed by atoms with E-state index in [1.165, 1.54) is 16.3 Å². The second-order valence-electron chi connectivity index (χ2n) is 11.7. The van der Waals surface area contributed by atoms with Crippen LogP contribution in [-0.4, -0.2) is 70.3 Å². The number of anilines is 2. The number of sulfone groups is 1. The number of fused-ring (bicyclic) bond motifs is 2. The van der Waals surface area contributed by atoms with Crippen LogP contribution in [0.2, 0.25) is 0 Å². The third-order valence-electron chi connectivity index (χ3n) is 7.23. The number of rotatable bonds is 10. The van der Waals surface area contributed by atoms with Crippen molar-refractivity contribution < 1.29 is 18.6 Å². The van der Waals surface area contributed by atoms with Crippen LogP contribution in [0.15, 0.2) is 71.2 Å². The largest absolute Gasteiger partial charge is 0.508 e. The van der Waals surface area contributed by atoms with Crippen molar-refractivity contribution in [3.8, 4) is 11.5 Å². The molecule has 0 bridgehead atoms. The lowest BCUT2D eigenvalue weighted by molar-refractivity contribution is 0.474. The second-order valence-corrected chi connectivity index (χ2v) is 14.3. The van der Waals surface area contributed by atoms with Crippen LogP contribution in [0.5, 0.6) is 11.5 Å². The molecule has 14 nitrogen and oxygen atoms in total. The van der Waals surface area contributed by atoms with E-state index in [1.807, 2.05) is 44.5 Å². The fraction of sp³-hybridized carbons (Fsp3) is 0.312. The molecule has 0 unspecified atom stereocenters. The molecule has 0 spiro atoms. The van der Waals surface area contributed by atoms with E-state index >= 15 is 0 Å². The molecule has 48 heavy (non-hydrogen) atoms. The van der Waals surface area contributed by atoms with Crippen molar-refractivity contribution in [2.45, 2.75) is 62.9 Å². The minimum absolute atomic E-state index is 0.138. The Kier molecular flexibility index (Phi) is 10.3. The summed E-state index contributed by atoms with van der Waals surface area (Å²) in [7, 11) is -3.57. The lowest BCUT2D eigenvalue weighted by atomic mass is 10.1. The number of nitrogens with one attached hydrogen (secondary N) is 2. The van der Waals surface area contributed by atoms with Crippen molar-refractivity contribution in [2.75, 3.05) is 23.1 Å². The molecular formula is C32H38N10O4S2. The Morgan fingerprint density at radius 1 is 0.750 bits per heavy atom. The van der Waals surface area contributed by atoms with Gasteiger partial charge in [-0.3, -0.25) is 0 Å². The van der Waals surface area contributed by atoms with E-state index in [-0.39, 0.29) is 28.5 Å². The number of hydrogen-bond acceptors (Lipinski definition) is 13. The van der Waals surface area contributed by atoms with Gasteiger partial charge in [-0.1, -0.05) is 63.7 Å². The summed E-state index contributed by atoms with van der Waals surface area (Å²) in [4.78, 5) is 17.4. The average Bonchev–Trinajstić information content (AvgIpc) is 3.67. The average molecular weight is 691 g/mol. The van der Waals surface area contributed by atoms with Crippen LogP contribution >= 0.6 is 11.8 Å². The Labute approximate surface area is 282 Å². The van der Waals surface area contributed by atoms with E-state index in [9.17, 15) is 18.6 Å². The van der Waals surface area contributed by atoms with Crippen LogP contribution in [0.1, 0.15) is 61.8 Å². The molecule has 0 atom stereocenters. The summed E-state index contributed by atoms with van der Waals surface area (Å²) >= 11 is 1.50. The number of aromatic hydroxyl groups is 2. The summed E-state index contributed by atoms with van der Waals surface area (Å²) in [5.74, 6) is 1.82. The molecule has 0 saturated heterocycles. The van der Waals surface area contributed by atoms with Gasteiger partial charge in [0.25, 0.3) is 5.16 Å². The maximum Gasteiger partial charge on any atom is 0.252 e. The number of benzene rings is 2. The van der Waals surface area contributed by atoms with Crippen LogP contribution in [0.4, 0.5) is 11.9 Å². The van der Waals surface area contributed by atoms with Crippen LogP contribution in [0.3, 0.4) is 0 Å². The van der Waals surface area contributed by atoms with Crippen molar-refractivity contribution in [3.63, 3.8) is 0 Å². The Hall–Kier alpha value is -4.96. The predicted molar refractivity (Wildman–Crippen MR) is 185 cm³/mol. The molecule has 252 valence electrons. The lowest BCUT2D eigenvalue weighted by Gasteiger charge is -2.10. The Balaban J connectivity index is 0.000000188. The standard InChI is InChI=1S/C16H19N5O3S.C16H19N5OS/c1-10(2)13-9-18-21-14(13)19-16(25(3,23)24)20-15(21)17-8-11-5-4-6-12(22)7-11;1-10(2)13-9-18-21-14(13)19-16(23-3)20-15(21)17-8-11-5-4-6-12(22)7-11/h4-7,9-10,22H,8H2,1-3H3,(H,17,19,20);4-7,9-10,22H,8H2,1-3H3,(H,17,19,20). The van der Waals surface area contributed by atoms with Crippen molar-refractivity contribution >= 4 is 44.8 Å². The van der Waals surface area contributed by atoms with Gasteiger partial charge in [0.15, 0.2) is 16.5 Å². The van der Waals surface area contributed by atoms with Gasteiger partial charge in [0.1, 0.15) is 11.5 Å². The molecule has 0 aliphatic heterocycles. The summed E-state index contributed by atoms with van der Waals surface area (Å²) < 4.78 is 27.1. The molecule has 6 aromatic rings. The van der Waals surface area contributed by atoms with Gasteiger partial charge in [-0.05, 0) is 53.5 Å². The van der Waals surface area contributed by atoms with Gasteiger partial charge >= 0.3 is 0 Å². The Morgan fingerprint density at radius 3 is 1.67 bits per heavy atom. The predicted octanol–water partition coefficient (Wildman–Crippen LogP) is 5.26. The van der Waals surface area contributed by atoms with E-state index in [2.05, 4.69) is 54.6 Å². The summed E-state index contributed by atoms with van der Waals surface area (Å²) in [6, 6.07) is 13.9. The monoisotopic (exact) mass is 690 g/mol. The van der Waals surface area contributed by atoms with Crippen LogP contribution in [0.25, 0.3) is 11.3 Å². The third-order valence-corrected chi connectivity index (χ3v) is 8.62. The van der Waals surface area contributed by atoms with E-state index in [0.29, 0.717) is 35.8 Å². The quantitative estimate of drug-likeness (QED) is 0.137. The minimum atomic E-state index is -3.57. The first kappa shape index (κ1) is 34.4. The lowest BCUT2D eigenvalue weighted by Crippen LogP contribution is -2.13. The van der Waals surface area contributed by atoms with E-state index < -0.39 is 9.84 Å². The zero-order valence-electron chi connectivity index (χ0n) is 27.4. The third kappa shape index (κ3) is 7.94. The van der Waals surface area contributed by atoms with Gasteiger partial charge in [0.2, 0.25) is 21.7 Å². The molecule has 0 aliphatic carbocycles. The molecule has 2 aromatic carbocycles. The molecule has 16 heteroatoms. The fourth-order valence-electron chi connectivity index (χ4n) is 4.75. The molecule has 6 rings (SSSR count). The van der Waals surface area contributed by atoms with Gasteiger partial charge in [0.05, 0.1) is 12.4 Å².